The molecule has 0 aliphatic carbocycles. The molecule has 0 fully saturated rings. The summed E-state index contributed by atoms with van der Waals surface area (Å²) < 4.78 is 21.2. The molecule has 2 N–H and O–H groups in total. The average molecular weight is 420 g/mol. The second kappa shape index (κ2) is 11.0. The van der Waals surface area contributed by atoms with E-state index in [-0.39, 0.29) is 13.2 Å². The Bertz CT molecular complexity index is 897. The summed E-state index contributed by atoms with van der Waals surface area (Å²) in [5, 5.41) is 0.374. The highest BCUT2D eigenvalue weighted by Gasteiger charge is 2.11. The standard InChI is InChI=1S/C21H22ClNO6/c1-3-27-18-11-14(10-17(22)21(18)26-2)7-8-20(25)29-12-15-5-4-6-16(9-15)28-13-19(23)24/h4-11H,3,12-13H2,1-2H3,(H2,23,24)/b8-7+. The number of ether oxygens (including phenoxy) is 4. The highest BCUT2D eigenvalue weighted by Crippen LogP contribution is 2.36. The van der Waals surface area contributed by atoms with Crippen molar-refractivity contribution >= 4 is 29.6 Å². The molecule has 7 nitrogen and oxygen atoms in total. The van der Waals surface area contributed by atoms with Gasteiger partial charge in [0.1, 0.15) is 12.4 Å². The molecular formula is C21H22ClNO6. The Morgan fingerprint density at radius 1 is 1.17 bits per heavy atom. The van der Waals surface area contributed by atoms with Gasteiger partial charge in [-0.15, -0.1) is 0 Å². The molecule has 2 rings (SSSR count). The number of amides is 1. The van der Waals surface area contributed by atoms with Crippen LogP contribution in [0.1, 0.15) is 18.1 Å². The molecule has 0 radical (unpaired) electrons. The molecular weight excluding hydrogens is 398 g/mol. The predicted octanol–water partition coefficient (Wildman–Crippen LogP) is 3.37. The Balaban J connectivity index is 1.98. The fourth-order valence-corrected chi connectivity index (χ4v) is 2.69. The minimum Gasteiger partial charge on any atom is -0.491 e. The number of rotatable bonds is 10. The number of hydrogen-bond acceptors (Lipinski definition) is 6. The van der Waals surface area contributed by atoms with E-state index in [9.17, 15) is 9.59 Å². The highest BCUT2D eigenvalue weighted by molar-refractivity contribution is 6.32. The number of carbonyl (C=O) groups excluding carboxylic acids is 2. The third kappa shape index (κ3) is 7.04. The van der Waals surface area contributed by atoms with Gasteiger partial charge >= 0.3 is 5.97 Å². The number of primary amides is 1. The maximum Gasteiger partial charge on any atom is 0.331 e. The molecule has 0 atom stereocenters. The Hall–Kier alpha value is -3.19. The molecule has 0 unspecified atom stereocenters. The fourth-order valence-electron chi connectivity index (χ4n) is 2.39. The zero-order valence-electron chi connectivity index (χ0n) is 16.1. The lowest BCUT2D eigenvalue weighted by Crippen LogP contribution is -2.20. The highest BCUT2D eigenvalue weighted by atomic mass is 35.5. The third-order valence-corrected chi connectivity index (χ3v) is 3.89. The van der Waals surface area contributed by atoms with Crippen LogP contribution < -0.4 is 19.9 Å². The van der Waals surface area contributed by atoms with Gasteiger partial charge in [-0.3, -0.25) is 4.79 Å². The number of carbonyl (C=O) groups is 2. The SMILES string of the molecule is CCOc1cc(/C=C/C(=O)OCc2cccc(OCC(N)=O)c2)cc(Cl)c1OC. The zero-order valence-corrected chi connectivity index (χ0v) is 16.9. The van der Waals surface area contributed by atoms with Crippen molar-refractivity contribution in [3.05, 3.63) is 58.6 Å². The maximum absolute atomic E-state index is 12.0. The van der Waals surface area contributed by atoms with Crippen LogP contribution in [0.3, 0.4) is 0 Å². The monoisotopic (exact) mass is 419 g/mol. The molecule has 2 aromatic rings. The van der Waals surface area contributed by atoms with Gasteiger partial charge in [-0.05, 0) is 48.4 Å². The summed E-state index contributed by atoms with van der Waals surface area (Å²) in [7, 11) is 1.50. The van der Waals surface area contributed by atoms with Crippen molar-refractivity contribution in [2.45, 2.75) is 13.5 Å². The quantitative estimate of drug-likeness (QED) is 0.468. The summed E-state index contributed by atoms with van der Waals surface area (Å²) in [6, 6.07) is 10.2. The van der Waals surface area contributed by atoms with Crippen LogP contribution in [0.15, 0.2) is 42.5 Å². The minimum atomic E-state index is -0.571. The second-order valence-electron chi connectivity index (χ2n) is 5.81. The largest absolute Gasteiger partial charge is 0.491 e. The van der Waals surface area contributed by atoms with Crippen LogP contribution in [0.5, 0.6) is 17.2 Å². The Labute approximate surface area is 174 Å². The van der Waals surface area contributed by atoms with Crippen molar-refractivity contribution in [2.24, 2.45) is 5.73 Å². The molecule has 0 aliphatic heterocycles. The van der Waals surface area contributed by atoms with Gasteiger partial charge in [-0.2, -0.15) is 0 Å². The lowest BCUT2D eigenvalue weighted by molar-refractivity contribution is -0.138. The summed E-state index contributed by atoms with van der Waals surface area (Å²) >= 11 is 6.19. The van der Waals surface area contributed by atoms with Gasteiger partial charge in [0.05, 0.1) is 18.7 Å². The number of esters is 1. The van der Waals surface area contributed by atoms with Crippen LogP contribution in [-0.4, -0.2) is 32.2 Å². The van der Waals surface area contributed by atoms with E-state index in [1.165, 1.54) is 13.2 Å². The maximum atomic E-state index is 12.0. The molecule has 0 aromatic heterocycles. The molecule has 0 heterocycles. The lowest BCUT2D eigenvalue weighted by atomic mass is 10.2. The summed E-state index contributed by atoms with van der Waals surface area (Å²) in [5.74, 6) is 0.288. The topological polar surface area (TPSA) is 97.1 Å². The summed E-state index contributed by atoms with van der Waals surface area (Å²) in [5.41, 5.74) is 6.42. The Kier molecular flexibility index (Phi) is 8.36. The van der Waals surface area contributed by atoms with Crippen molar-refractivity contribution in [1.29, 1.82) is 0 Å². The van der Waals surface area contributed by atoms with Crippen molar-refractivity contribution in [3.63, 3.8) is 0 Å². The van der Waals surface area contributed by atoms with Gasteiger partial charge in [-0.1, -0.05) is 23.7 Å². The van der Waals surface area contributed by atoms with E-state index >= 15 is 0 Å². The van der Waals surface area contributed by atoms with E-state index in [4.69, 9.17) is 36.3 Å². The van der Waals surface area contributed by atoms with Gasteiger partial charge in [0.25, 0.3) is 5.91 Å². The summed E-state index contributed by atoms with van der Waals surface area (Å²) in [4.78, 5) is 22.8. The molecule has 0 saturated heterocycles. The van der Waals surface area contributed by atoms with Crippen LogP contribution in [0.2, 0.25) is 5.02 Å². The zero-order chi connectivity index (χ0) is 21.2. The molecule has 8 heteroatoms. The van der Waals surface area contributed by atoms with Gasteiger partial charge in [0.2, 0.25) is 0 Å². The minimum absolute atomic E-state index is 0.0461. The first kappa shape index (κ1) is 22.1. The number of methoxy groups -OCH3 is 1. The van der Waals surface area contributed by atoms with Crippen LogP contribution in [-0.2, 0) is 20.9 Å². The second-order valence-corrected chi connectivity index (χ2v) is 6.22. The normalized spacial score (nSPS) is 10.6. The molecule has 0 aliphatic rings. The van der Waals surface area contributed by atoms with Gasteiger partial charge < -0.3 is 24.7 Å². The lowest BCUT2D eigenvalue weighted by Gasteiger charge is -2.11. The molecule has 154 valence electrons. The third-order valence-electron chi connectivity index (χ3n) is 3.61. The number of nitrogens with two attached hydrogens (primary N) is 1. The molecule has 1 amide bonds. The number of hydrogen-bond donors (Lipinski definition) is 1. The summed E-state index contributed by atoms with van der Waals surface area (Å²) in [6.45, 7) is 2.12. The predicted molar refractivity (Wildman–Crippen MR) is 109 cm³/mol. The molecule has 29 heavy (non-hydrogen) atoms. The van der Waals surface area contributed by atoms with E-state index in [0.717, 1.165) is 0 Å². The first-order chi connectivity index (χ1) is 13.9. The average Bonchev–Trinajstić information content (AvgIpc) is 2.69. The van der Waals surface area contributed by atoms with Crippen molar-refractivity contribution < 1.29 is 28.5 Å². The van der Waals surface area contributed by atoms with E-state index in [1.54, 1.807) is 42.5 Å². The van der Waals surface area contributed by atoms with Crippen LogP contribution in [0, 0.1) is 0 Å². The van der Waals surface area contributed by atoms with E-state index in [2.05, 4.69) is 0 Å². The van der Waals surface area contributed by atoms with E-state index < -0.39 is 11.9 Å². The van der Waals surface area contributed by atoms with E-state index in [0.29, 0.717) is 40.0 Å². The van der Waals surface area contributed by atoms with Crippen molar-refractivity contribution in [2.75, 3.05) is 20.3 Å². The molecule has 0 saturated carbocycles. The Morgan fingerprint density at radius 2 is 1.97 bits per heavy atom. The van der Waals surface area contributed by atoms with Gasteiger partial charge in [0.15, 0.2) is 18.1 Å². The van der Waals surface area contributed by atoms with Crippen molar-refractivity contribution in [1.82, 2.24) is 0 Å². The van der Waals surface area contributed by atoms with Gasteiger partial charge in [-0.25, -0.2) is 4.79 Å². The number of benzene rings is 2. The van der Waals surface area contributed by atoms with Gasteiger partial charge in [0, 0.05) is 6.08 Å². The van der Waals surface area contributed by atoms with Crippen LogP contribution in [0.25, 0.3) is 6.08 Å². The molecule has 0 spiro atoms. The first-order valence-electron chi connectivity index (χ1n) is 8.78. The smallest absolute Gasteiger partial charge is 0.331 e. The van der Waals surface area contributed by atoms with E-state index in [1.807, 2.05) is 6.92 Å². The Morgan fingerprint density at radius 3 is 2.66 bits per heavy atom. The summed E-state index contributed by atoms with van der Waals surface area (Å²) in [6.07, 6.45) is 2.86. The van der Waals surface area contributed by atoms with Crippen LogP contribution in [0.4, 0.5) is 0 Å². The van der Waals surface area contributed by atoms with Crippen LogP contribution >= 0.6 is 11.6 Å². The van der Waals surface area contributed by atoms with Crippen molar-refractivity contribution in [3.8, 4) is 17.2 Å². The number of halogens is 1. The molecule has 2 aromatic carbocycles. The fraction of sp³-hybridized carbons (Fsp3) is 0.238. The first-order valence-corrected chi connectivity index (χ1v) is 9.16. The molecule has 0 bridgehead atoms.